The molecule has 2 aromatic rings. The smallest absolute Gasteiger partial charge is 0.371 e. The predicted molar refractivity (Wildman–Crippen MR) is 102 cm³/mol. The average Bonchev–Trinajstić information content (AvgIpc) is 2.72. The highest BCUT2D eigenvalue weighted by Gasteiger charge is 2.21. The van der Waals surface area contributed by atoms with Gasteiger partial charge in [-0.1, -0.05) is 6.07 Å². The molecule has 0 bridgehead atoms. The first kappa shape index (κ1) is 20.8. The van der Waals surface area contributed by atoms with Crippen molar-refractivity contribution in [1.82, 2.24) is 0 Å². The molecular weight excluding hydrogens is 368 g/mol. The number of para-hydroxylation sites is 1. The van der Waals surface area contributed by atoms with Crippen LogP contribution in [0.15, 0.2) is 36.1 Å². The summed E-state index contributed by atoms with van der Waals surface area (Å²) in [5.41, 5.74) is 0.423. The van der Waals surface area contributed by atoms with Crippen LogP contribution in [0.1, 0.15) is 5.56 Å². The first-order valence-electron chi connectivity index (χ1n) is 8.13. The van der Waals surface area contributed by atoms with Crippen LogP contribution in [0, 0.1) is 0 Å². The van der Waals surface area contributed by atoms with E-state index in [9.17, 15) is 9.90 Å². The van der Waals surface area contributed by atoms with Gasteiger partial charge in [0.2, 0.25) is 17.3 Å². The lowest BCUT2D eigenvalue weighted by atomic mass is 10.1. The van der Waals surface area contributed by atoms with Crippen LogP contribution in [-0.2, 0) is 4.79 Å². The van der Waals surface area contributed by atoms with Crippen molar-refractivity contribution in [2.24, 2.45) is 0 Å². The van der Waals surface area contributed by atoms with Gasteiger partial charge in [0.05, 0.1) is 35.5 Å². The number of aliphatic carboxylic acids is 1. The van der Waals surface area contributed by atoms with Crippen molar-refractivity contribution in [3.63, 3.8) is 0 Å². The number of benzene rings is 2. The van der Waals surface area contributed by atoms with Gasteiger partial charge >= 0.3 is 5.97 Å². The molecule has 8 nitrogen and oxygen atoms in total. The number of ether oxygens (including phenoxy) is 6. The standard InChI is InChI=1S/C20H22O8/c1-23-13-7-6-8-14(24-2)18(13)28-16(20(21)22)11-12-9-10-15(25-3)19(27-5)17(12)26-4/h6-11H,1-5H3,(H,21,22). The van der Waals surface area contributed by atoms with Crippen LogP contribution in [0.25, 0.3) is 6.08 Å². The van der Waals surface area contributed by atoms with Crippen molar-refractivity contribution < 1.29 is 38.3 Å². The molecule has 1 N–H and O–H groups in total. The number of hydrogen-bond acceptors (Lipinski definition) is 7. The Hall–Kier alpha value is -3.55. The molecule has 2 rings (SSSR count). The molecule has 0 heterocycles. The summed E-state index contributed by atoms with van der Waals surface area (Å²) in [5.74, 6) is 0.213. The van der Waals surface area contributed by atoms with E-state index in [-0.39, 0.29) is 11.5 Å². The normalized spacial score (nSPS) is 10.8. The second kappa shape index (κ2) is 9.40. The molecule has 0 saturated carbocycles. The van der Waals surface area contributed by atoms with Gasteiger partial charge < -0.3 is 33.5 Å². The lowest BCUT2D eigenvalue weighted by molar-refractivity contribution is -0.134. The van der Waals surface area contributed by atoms with E-state index in [0.717, 1.165) is 0 Å². The van der Waals surface area contributed by atoms with E-state index in [2.05, 4.69) is 0 Å². The van der Waals surface area contributed by atoms with Gasteiger partial charge in [-0.05, 0) is 30.3 Å². The fourth-order valence-electron chi connectivity index (χ4n) is 2.54. The maximum absolute atomic E-state index is 11.8. The van der Waals surface area contributed by atoms with Crippen LogP contribution >= 0.6 is 0 Å². The third-order valence-corrected chi connectivity index (χ3v) is 3.83. The molecule has 150 valence electrons. The fraction of sp³-hybridized carbons (Fsp3) is 0.250. The molecular formula is C20H22O8. The monoisotopic (exact) mass is 390 g/mol. The zero-order valence-corrected chi connectivity index (χ0v) is 16.3. The number of hydrogen-bond donors (Lipinski definition) is 1. The summed E-state index contributed by atoms with van der Waals surface area (Å²) in [7, 11) is 7.29. The molecule has 0 fully saturated rings. The van der Waals surface area contributed by atoms with Crippen LogP contribution < -0.4 is 28.4 Å². The first-order chi connectivity index (χ1) is 13.5. The molecule has 28 heavy (non-hydrogen) atoms. The molecule has 0 unspecified atom stereocenters. The van der Waals surface area contributed by atoms with Gasteiger partial charge in [0, 0.05) is 5.56 Å². The number of rotatable bonds is 9. The summed E-state index contributed by atoms with van der Waals surface area (Å²) in [6.07, 6.45) is 1.31. The van der Waals surface area contributed by atoms with Crippen molar-refractivity contribution in [1.29, 1.82) is 0 Å². The van der Waals surface area contributed by atoms with Gasteiger partial charge in [0.1, 0.15) is 0 Å². The Labute approximate surface area is 162 Å². The topological polar surface area (TPSA) is 92.7 Å². The van der Waals surface area contributed by atoms with Gasteiger partial charge in [-0.15, -0.1) is 0 Å². The molecule has 0 saturated heterocycles. The minimum atomic E-state index is -1.29. The van der Waals surface area contributed by atoms with Crippen LogP contribution in [0.5, 0.6) is 34.5 Å². The Morgan fingerprint density at radius 2 is 1.29 bits per heavy atom. The number of carbonyl (C=O) groups is 1. The summed E-state index contributed by atoms with van der Waals surface area (Å²) in [6.45, 7) is 0. The highest BCUT2D eigenvalue weighted by molar-refractivity contribution is 5.91. The van der Waals surface area contributed by atoms with Gasteiger partial charge in [0.25, 0.3) is 0 Å². The van der Waals surface area contributed by atoms with Crippen LogP contribution in [0.4, 0.5) is 0 Å². The van der Waals surface area contributed by atoms with Crippen molar-refractivity contribution >= 4 is 12.0 Å². The maximum atomic E-state index is 11.8. The van der Waals surface area contributed by atoms with Gasteiger partial charge in [0.15, 0.2) is 23.0 Å². The highest BCUT2D eigenvalue weighted by Crippen LogP contribution is 2.42. The Morgan fingerprint density at radius 3 is 1.75 bits per heavy atom. The van der Waals surface area contributed by atoms with E-state index in [1.165, 1.54) is 41.6 Å². The van der Waals surface area contributed by atoms with Crippen molar-refractivity contribution in [2.75, 3.05) is 35.5 Å². The summed E-state index contributed by atoms with van der Waals surface area (Å²) >= 11 is 0. The second-order valence-electron chi connectivity index (χ2n) is 5.33. The molecule has 0 aliphatic carbocycles. The zero-order chi connectivity index (χ0) is 20.7. The largest absolute Gasteiger partial charge is 0.493 e. The van der Waals surface area contributed by atoms with Gasteiger partial charge in [-0.25, -0.2) is 4.79 Å². The molecule has 0 atom stereocenters. The SMILES string of the molecule is COc1cccc(OC)c1OC(=Cc1ccc(OC)c(OC)c1OC)C(=O)O. The van der Waals surface area contributed by atoms with E-state index >= 15 is 0 Å². The van der Waals surface area contributed by atoms with Crippen LogP contribution in [0.2, 0.25) is 0 Å². The average molecular weight is 390 g/mol. The maximum Gasteiger partial charge on any atom is 0.371 e. The van der Waals surface area contributed by atoms with Crippen LogP contribution in [-0.4, -0.2) is 46.6 Å². The van der Waals surface area contributed by atoms with Crippen LogP contribution in [0.3, 0.4) is 0 Å². The minimum absolute atomic E-state index is 0.139. The van der Waals surface area contributed by atoms with E-state index in [1.807, 2.05) is 0 Å². The molecule has 0 aromatic heterocycles. The van der Waals surface area contributed by atoms with Gasteiger partial charge in [-0.3, -0.25) is 0 Å². The molecule has 0 radical (unpaired) electrons. The zero-order valence-electron chi connectivity index (χ0n) is 16.3. The summed E-state index contributed by atoms with van der Waals surface area (Å²) in [4.78, 5) is 11.8. The molecule has 0 amide bonds. The summed E-state index contributed by atoms with van der Waals surface area (Å²) in [5, 5.41) is 9.64. The van der Waals surface area contributed by atoms with Crippen molar-refractivity contribution in [3.8, 4) is 34.5 Å². The number of carboxylic acids is 1. The molecule has 8 heteroatoms. The fourth-order valence-corrected chi connectivity index (χ4v) is 2.54. The van der Waals surface area contributed by atoms with Gasteiger partial charge in [-0.2, -0.15) is 0 Å². The minimum Gasteiger partial charge on any atom is -0.493 e. The van der Waals surface area contributed by atoms with Crippen molar-refractivity contribution in [3.05, 3.63) is 41.7 Å². The van der Waals surface area contributed by atoms with E-state index < -0.39 is 5.97 Å². The molecule has 0 spiro atoms. The Morgan fingerprint density at radius 1 is 0.750 bits per heavy atom. The Kier molecular flexibility index (Phi) is 6.97. The number of carboxylic acid groups (broad SMARTS) is 1. The van der Waals surface area contributed by atoms with E-state index in [0.29, 0.717) is 34.3 Å². The quantitative estimate of drug-likeness (QED) is 0.515. The Bertz CT molecular complexity index is 850. The molecule has 2 aromatic carbocycles. The van der Waals surface area contributed by atoms with Crippen molar-refractivity contribution in [2.45, 2.75) is 0 Å². The summed E-state index contributed by atoms with van der Waals surface area (Å²) < 4.78 is 32.1. The summed E-state index contributed by atoms with van der Waals surface area (Å²) in [6, 6.07) is 8.23. The lowest BCUT2D eigenvalue weighted by Gasteiger charge is -2.16. The third kappa shape index (κ3) is 4.22. The highest BCUT2D eigenvalue weighted by atomic mass is 16.6. The predicted octanol–water partition coefficient (Wildman–Crippen LogP) is 3.23. The first-order valence-corrected chi connectivity index (χ1v) is 8.13. The molecule has 0 aliphatic heterocycles. The number of methoxy groups -OCH3 is 5. The lowest BCUT2D eigenvalue weighted by Crippen LogP contribution is -2.09. The van der Waals surface area contributed by atoms with E-state index in [1.54, 1.807) is 30.3 Å². The third-order valence-electron chi connectivity index (χ3n) is 3.83. The molecule has 0 aliphatic rings. The Balaban J connectivity index is 2.58. The second-order valence-corrected chi connectivity index (χ2v) is 5.33. The van der Waals surface area contributed by atoms with E-state index in [4.69, 9.17) is 28.4 Å².